The Morgan fingerprint density at radius 2 is 1.77 bits per heavy atom. The number of rotatable bonds is 2. The Morgan fingerprint density at radius 1 is 1.06 bits per heavy atom. The zero-order valence-electron chi connectivity index (χ0n) is 19.8. The van der Waals surface area contributed by atoms with Gasteiger partial charge in [-0.1, -0.05) is 38.8 Å². The Balaban J connectivity index is 1.65. The number of esters is 1. The number of ketones is 2. The van der Waals surface area contributed by atoms with Crippen molar-refractivity contribution < 1.29 is 19.1 Å². The van der Waals surface area contributed by atoms with Crippen LogP contribution in [0.3, 0.4) is 0 Å². The lowest BCUT2D eigenvalue weighted by molar-refractivity contribution is -0.201. The summed E-state index contributed by atoms with van der Waals surface area (Å²) in [4.78, 5) is 39.5. The maximum atomic E-state index is 13.4. The summed E-state index contributed by atoms with van der Waals surface area (Å²) >= 11 is 0. The van der Waals surface area contributed by atoms with Crippen LogP contribution in [-0.4, -0.2) is 24.6 Å². The molecule has 6 rings (SSSR count). The van der Waals surface area contributed by atoms with Gasteiger partial charge in [-0.25, -0.2) is 0 Å². The Morgan fingerprint density at radius 3 is 2.45 bits per heavy atom. The van der Waals surface area contributed by atoms with Crippen molar-refractivity contribution in [2.75, 3.05) is 7.11 Å². The summed E-state index contributed by atoms with van der Waals surface area (Å²) in [6, 6.07) is 0. The van der Waals surface area contributed by atoms with Gasteiger partial charge < -0.3 is 4.74 Å². The summed E-state index contributed by atoms with van der Waals surface area (Å²) in [6.07, 6.45) is 9.25. The van der Waals surface area contributed by atoms with Gasteiger partial charge in [0.05, 0.1) is 12.5 Å². The maximum Gasteiger partial charge on any atom is 0.311 e. The van der Waals surface area contributed by atoms with Crippen LogP contribution in [0.4, 0.5) is 0 Å². The largest absolute Gasteiger partial charge is 0.469 e. The van der Waals surface area contributed by atoms with Gasteiger partial charge in [-0.15, -0.1) is 0 Å². The van der Waals surface area contributed by atoms with Crippen LogP contribution in [0.15, 0.2) is 11.6 Å². The zero-order valence-corrected chi connectivity index (χ0v) is 19.8. The number of hydrogen-bond acceptors (Lipinski definition) is 4. The third-order valence-electron chi connectivity index (χ3n) is 10.7. The van der Waals surface area contributed by atoms with Gasteiger partial charge in [0.25, 0.3) is 0 Å². The van der Waals surface area contributed by atoms with E-state index >= 15 is 0 Å². The Labute approximate surface area is 186 Å². The molecular formula is C27H38O4. The Kier molecular flexibility index (Phi) is 4.68. The number of Topliss-reactive ketones (excluding diaryl/α,β-unsaturated/α-hetero) is 2. The Hall–Kier alpha value is -1.45. The minimum Gasteiger partial charge on any atom is -0.469 e. The molecule has 0 N–H and O–H groups in total. The van der Waals surface area contributed by atoms with Crippen molar-refractivity contribution in [3.05, 3.63) is 11.6 Å². The molecule has 1 spiro atoms. The number of fused-ring (bicyclic) bond motifs is 1. The molecule has 4 saturated carbocycles. The van der Waals surface area contributed by atoms with E-state index in [1.54, 1.807) is 0 Å². The quantitative estimate of drug-likeness (QED) is 0.453. The van der Waals surface area contributed by atoms with E-state index < -0.39 is 5.41 Å². The van der Waals surface area contributed by atoms with E-state index in [0.29, 0.717) is 36.2 Å². The molecule has 4 heteroatoms. The van der Waals surface area contributed by atoms with Gasteiger partial charge in [0.1, 0.15) is 11.6 Å². The fraction of sp³-hybridized carbons (Fsp3) is 0.815. The predicted octanol–water partition coefficient (Wildman–Crippen LogP) is 5.15. The molecule has 0 aromatic rings. The minimum absolute atomic E-state index is 0.00242. The fourth-order valence-electron chi connectivity index (χ4n) is 9.56. The summed E-state index contributed by atoms with van der Waals surface area (Å²) in [7, 11) is 1.51. The van der Waals surface area contributed by atoms with E-state index in [0.717, 1.165) is 38.5 Å². The van der Waals surface area contributed by atoms with Crippen LogP contribution in [0.1, 0.15) is 79.1 Å². The second kappa shape index (κ2) is 6.78. The Bertz CT molecular complexity index is 870. The smallest absolute Gasteiger partial charge is 0.311 e. The van der Waals surface area contributed by atoms with Crippen LogP contribution < -0.4 is 0 Å². The molecule has 6 aliphatic rings. The molecular weight excluding hydrogens is 388 g/mol. The maximum absolute atomic E-state index is 13.4. The van der Waals surface area contributed by atoms with Crippen LogP contribution >= 0.6 is 0 Å². The molecule has 0 heterocycles. The summed E-state index contributed by atoms with van der Waals surface area (Å²) in [5, 5.41) is 0. The lowest BCUT2D eigenvalue weighted by Crippen LogP contribution is -2.67. The normalized spacial score (nSPS) is 48.6. The fourth-order valence-corrected chi connectivity index (χ4v) is 9.56. The van der Waals surface area contributed by atoms with E-state index in [4.69, 9.17) is 4.74 Å². The molecule has 4 nitrogen and oxygen atoms in total. The highest BCUT2D eigenvalue weighted by atomic mass is 16.5. The third-order valence-corrected chi connectivity index (χ3v) is 10.7. The molecule has 0 aliphatic heterocycles. The number of hydrogen-bond donors (Lipinski definition) is 0. The average molecular weight is 427 g/mol. The SMILES string of the molecule is COC(=O)[C@]1(C)CCC[C@]2(C)[C@H]3C[C@H]4C(C(C)C)=C[C@@]3(CC[C@@H]21)[C@@H]1C(=O)CCC(=O)[C@@H]14. The van der Waals surface area contributed by atoms with Gasteiger partial charge in [-0.05, 0) is 68.1 Å². The standard InChI is InChI=1S/C27H38O4/c1-15(2)17-14-27-12-9-20-25(3,10-6-11-26(20,4)24(30)31-5)21(27)13-16(17)22-18(28)7-8-19(29)23(22)27/h14-16,20-23H,6-13H2,1-5H3/t16-,20-,21+,22-,23+,25-,26+,27+/m0/s1. The second-order valence-electron chi connectivity index (χ2n) is 12.1. The van der Waals surface area contributed by atoms with Crippen LogP contribution in [0.2, 0.25) is 0 Å². The topological polar surface area (TPSA) is 60.4 Å². The zero-order chi connectivity index (χ0) is 22.3. The summed E-state index contributed by atoms with van der Waals surface area (Å²) in [5.74, 6) is 1.61. The van der Waals surface area contributed by atoms with Crippen LogP contribution in [-0.2, 0) is 19.1 Å². The van der Waals surface area contributed by atoms with Crippen LogP contribution in [0.25, 0.3) is 0 Å². The molecule has 0 amide bonds. The van der Waals surface area contributed by atoms with Crippen LogP contribution in [0.5, 0.6) is 0 Å². The lowest BCUT2D eigenvalue weighted by Gasteiger charge is -2.70. The van der Waals surface area contributed by atoms with Crippen molar-refractivity contribution in [1.82, 2.24) is 0 Å². The molecule has 6 aliphatic carbocycles. The first-order valence-corrected chi connectivity index (χ1v) is 12.5. The molecule has 2 bridgehead atoms. The summed E-state index contributed by atoms with van der Waals surface area (Å²) in [6.45, 7) is 9.00. The first-order valence-electron chi connectivity index (χ1n) is 12.5. The predicted molar refractivity (Wildman–Crippen MR) is 118 cm³/mol. The first kappa shape index (κ1) is 21.4. The highest BCUT2D eigenvalue weighted by molar-refractivity contribution is 5.98. The van der Waals surface area contributed by atoms with Gasteiger partial charge >= 0.3 is 5.97 Å². The van der Waals surface area contributed by atoms with Crippen molar-refractivity contribution >= 4 is 17.5 Å². The number of allylic oxidation sites excluding steroid dienone is 2. The molecule has 0 aromatic heterocycles. The van der Waals surface area contributed by atoms with Crippen molar-refractivity contribution in [3.8, 4) is 0 Å². The van der Waals surface area contributed by atoms with Crippen molar-refractivity contribution in [2.24, 2.45) is 51.8 Å². The van der Waals surface area contributed by atoms with Gasteiger partial charge in [0, 0.05) is 30.1 Å². The molecule has 170 valence electrons. The van der Waals surface area contributed by atoms with Gasteiger partial charge in [0.15, 0.2) is 0 Å². The number of methoxy groups -OCH3 is 1. The van der Waals surface area contributed by atoms with E-state index in [9.17, 15) is 14.4 Å². The monoisotopic (exact) mass is 426 g/mol. The number of ether oxygens (including phenoxy) is 1. The van der Waals surface area contributed by atoms with Crippen molar-refractivity contribution in [3.63, 3.8) is 0 Å². The molecule has 0 aromatic carbocycles. The van der Waals surface area contributed by atoms with Crippen molar-refractivity contribution in [2.45, 2.75) is 79.1 Å². The minimum atomic E-state index is -0.448. The van der Waals surface area contributed by atoms with E-state index in [2.05, 4.69) is 33.8 Å². The summed E-state index contributed by atoms with van der Waals surface area (Å²) < 4.78 is 5.30. The highest BCUT2D eigenvalue weighted by Crippen LogP contribution is 2.74. The number of carbonyl (C=O) groups is 3. The second-order valence-corrected chi connectivity index (χ2v) is 12.1. The number of carbonyl (C=O) groups excluding carboxylic acids is 3. The van der Waals surface area contributed by atoms with Gasteiger partial charge in [-0.3, -0.25) is 14.4 Å². The van der Waals surface area contributed by atoms with E-state index in [1.807, 2.05) is 0 Å². The van der Waals surface area contributed by atoms with Crippen molar-refractivity contribution in [1.29, 1.82) is 0 Å². The molecule has 0 unspecified atom stereocenters. The third kappa shape index (κ3) is 2.57. The summed E-state index contributed by atoms with van der Waals surface area (Å²) in [5.41, 5.74) is 0.777. The highest BCUT2D eigenvalue weighted by Gasteiger charge is 2.70. The van der Waals surface area contributed by atoms with Gasteiger partial charge in [-0.2, -0.15) is 0 Å². The van der Waals surface area contributed by atoms with Gasteiger partial charge in [0.2, 0.25) is 0 Å². The van der Waals surface area contributed by atoms with E-state index in [1.165, 1.54) is 12.7 Å². The average Bonchev–Trinajstić information content (AvgIpc) is 2.74. The lowest BCUT2D eigenvalue weighted by atomic mass is 9.33. The molecule has 4 fully saturated rings. The molecule has 0 radical (unpaired) electrons. The van der Waals surface area contributed by atoms with E-state index in [-0.39, 0.29) is 40.5 Å². The van der Waals surface area contributed by atoms with Crippen LogP contribution in [0, 0.1) is 51.8 Å². The molecule has 31 heavy (non-hydrogen) atoms. The molecule has 0 saturated heterocycles. The first-order chi connectivity index (χ1) is 14.6. The molecule has 8 atom stereocenters.